The van der Waals surface area contributed by atoms with Crippen molar-refractivity contribution in [2.45, 2.75) is 19.1 Å². The third kappa shape index (κ3) is 5.21. The van der Waals surface area contributed by atoms with Crippen LogP contribution in [-0.2, 0) is 0 Å². The van der Waals surface area contributed by atoms with Crippen LogP contribution in [0.2, 0.25) is 0 Å². The Morgan fingerprint density at radius 1 is 1.20 bits per heavy atom. The first-order valence-electron chi connectivity index (χ1n) is 7.58. The van der Waals surface area contributed by atoms with E-state index in [0.29, 0.717) is 5.56 Å². The minimum absolute atomic E-state index is 0.0685. The van der Waals surface area contributed by atoms with Gasteiger partial charge in [0.15, 0.2) is 5.11 Å². The van der Waals surface area contributed by atoms with Gasteiger partial charge in [-0.3, -0.25) is 10.1 Å². The average molecular weight is 361 g/mol. The van der Waals surface area contributed by atoms with Gasteiger partial charge in [0.1, 0.15) is 6.10 Å². The minimum Gasteiger partial charge on any atom is -0.394 e. The van der Waals surface area contributed by atoms with Crippen LogP contribution in [0.5, 0.6) is 0 Å². The van der Waals surface area contributed by atoms with Crippen LogP contribution in [0.1, 0.15) is 17.2 Å². The van der Waals surface area contributed by atoms with Crippen molar-refractivity contribution in [1.29, 1.82) is 0 Å². The van der Waals surface area contributed by atoms with Crippen molar-refractivity contribution in [3.63, 3.8) is 0 Å². The van der Waals surface area contributed by atoms with E-state index in [1.54, 1.807) is 0 Å². The van der Waals surface area contributed by atoms with Crippen LogP contribution < -0.4 is 10.6 Å². The summed E-state index contributed by atoms with van der Waals surface area (Å²) < 4.78 is 0. The molecule has 0 saturated carbocycles. The number of aryl methyl sites for hydroxylation is 1. The standard InChI is InChI=1S/C17H19N3O4S/c1-11-2-6-13(7-3-11)18-17(25)19-15(10-21)16(22)12-4-8-14(9-5-12)20(23)24/h2-9,15-16,21-22H,10H2,1H3,(H2,18,19,25)/t15-,16+/m1/s1. The van der Waals surface area contributed by atoms with Crippen molar-refractivity contribution in [3.8, 4) is 0 Å². The van der Waals surface area contributed by atoms with Crippen LogP contribution in [0.15, 0.2) is 48.5 Å². The van der Waals surface area contributed by atoms with E-state index in [2.05, 4.69) is 10.6 Å². The number of hydrogen-bond donors (Lipinski definition) is 4. The zero-order chi connectivity index (χ0) is 18.4. The number of nitrogens with zero attached hydrogens (tertiary/aromatic N) is 1. The summed E-state index contributed by atoms with van der Waals surface area (Å²) in [6, 6.07) is 12.3. The molecule has 0 aromatic heterocycles. The Morgan fingerprint density at radius 2 is 1.80 bits per heavy atom. The molecule has 0 unspecified atom stereocenters. The highest BCUT2D eigenvalue weighted by Crippen LogP contribution is 2.20. The molecule has 7 nitrogen and oxygen atoms in total. The van der Waals surface area contributed by atoms with E-state index in [-0.39, 0.29) is 17.4 Å². The molecule has 0 heterocycles. The highest BCUT2D eigenvalue weighted by atomic mass is 32.1. The fraction of sp³-hybridized carbons (Fsp3) is 0.235. The number of nitro benzene ring substituents is 1. The molecule has 0 saturated heterocycles. The highest BCUT2D eigenvalue weighted by Gasteiger charge is 2.21. The lowest BCUT2D eigenvalue weighted by atomic mass is 10.0. The lowest BCUT2D eigenvalue weighted by molar-refractivity contribution is -0.384. The van der Waals surface area contributed by atoms with Gasteiger partial charge in [0.05, 0.1) is 17.6 Å². The van der Waals surface area contributed by atoms with Crippen LogP contribution in [0.4, 0.5) is 11.4 Å². The van der Waals surface area contributed by atoms with Crippen LogP contribution in [0.25, 0.3) is 0 Å². The summed E-state index contributed by atoms with van der Waals surface area (Å²) in [6.45, 7) is 1.61. The Morgan fingerprint density at radius 3 is 2.32 bits per heavy atom. The molecule has 132 valence electrons. The van der Waals surface area contributed by atoms with Gasteiger partial charge in [0.25, 0.3) is 5.69 Å². The van der Waals surface area contributed by atoms with Crippen molar-refractivity contribution in [2.75, 3.05) is 11.9 Å². The number of nitro groups is 1. The molecule has 8 heteroatoms. The van der Waals surface area contributed by atoms with Gasteiger partial charge in [-0.1, -0.05) is 17.7 Å². The average Bonchev–Trinajstić information content (AvgIpc) is 2.61. The molecular formula is C17H19N3O4S. The lowest BCUT2D eigenvalue weighted by Gasteiger charge is -2.24. The number of non-ortho nitro benzene ring substituents is 1. The SMILES string of the molecule is Cc1ccc(NC(=S)N[C@H](CO)[C@@H](O)c2ccc([N+](=O)[O-])cc2)cc1. The quantitative estimate of drug-likeness (QED) is 0.355. The predicted octanol–water partition coefficient (Wildman–Crippen LogP) is 2.28. The normalized spacial score (nSPS) is 12.9. The first kappa shape index (κ1) is 18.8. The molecular weight excluding hydrogens is 342 g/mol. The molecule has 0 aliphatic rings. The maximum absolute atomic E-state index is 10.7. The van der Waals surface area contributed by atoms with Crippen LogP contribution in [0, 0.1) is 17.0 Å². The summed E-state index contributed by atoms with van der Waals surface area (Å²) in [7, 11) is 0. The molecule has 2 rings (SSSR count). The van der Waals surface area contributed by atoms with Gasteiger partial charge in [-0.15, -0.1) is 0 Å². The van der Waals surface area contributed by atoms with Gasteiger partial charge in [-0.25, -0.2) is 0 Å². The Bertz CT molecular complexity index is 735. The van der Waals surface area contributed by atoms with Gasteiger partial charge in [0.2, 0.25) is 0 Å². The smallest absolute Gasteiger partial charge is 0.269 e. The van der Waals surface area contributed by atoms with Gasteiger partial charge >= 0.3 is 0 Å². The summed E-state index contributed by atoms with van der Waals surface area (Å²) in [4.78, 5) is 10.2. The van der Waals surface area contributed by atoms with Gasteiger partial charge in [-0.2, -0.15) is 0 Å². The van der Waals surface area contributed by atoms with E-state index in [0.717, 1.165) is 11.3 Å². The minimum atomic E-state index is -1.08. The molecule has 0 aliphatic carbocycles. The van der Waals surface area contributed by atoms with Crippen LogP contribution >= 0.6 is 12.2 Å². The number of thiocarbonyl (C=S) groups is 1. The first-order valence-corrected chi connectivity index (χ1v) is 7.99. The summed E-state index contributed by atoms with van der Waals surface area (Å²) >= 11 is 5.20. The Hall–Kier alpha value is -2.55. The van der Waals surface area contributed by atoms with E-state index in [1.807, 2.05) is 31.2 Å². The molecule has 0 aliphatic heterocycles. The molecule has 0 bridgehead atoms. The fourth-order valence-corrected chi connectivity index (χ4v) is 2.49. The van der Waals surface area contributed by atoms with Gasteiger partial charge < -0.3 is 20.8 Å². The van der Waals surface area contributed by atoms with Crippen LogP contribution in [-0.4, -0.2) is 32.9 Å². The van der Waals surface area contributed by atoms with Crippen molar-refractivity contribution >= 4 is 28.7 Å². The van der Waals surface area contributed by atoms with E-state index >= 15 is 0 Å². The number of nitrogens with one attached hydrogen (secondary N) is 2. The third-order valence-corrected chi connectivity index (χ3v) is 3.87. The Kier molecular flexibility index (Phi) is 6.40. The Labute approximate surface area is 150 Å². The van der Waals surface area contributed by atoms with Crippen molar-refractivity contribution in [1.82, 2.24) is 5.32 Å². The van der Waals surface area contributed by atoms with Gasteiger partial charge in [-0.05, 0) is 49.0 Å². The number of benzene rings is 2. The molecule has 2 atom stereocenters. The number of aliphatic hydroxyl groups excluding tert-OH is 2. The second-order valence-electron chi connectivity index (χ2n) is 5.55. The van der Waals surface area contributed by atoms with E-state index in [4.69, 9.17) is 12.2 Å². The maximum Gasteiger partial charge on any atom is 0.269 e. The van der Waals surface area contributed by atoms with E-state index < -0.39 is 17.1 Å². The Balaban J connectivity index is 2.01. The van der Waals surface area contributed by atoms with Crippen molar-refractivity contribution < 1.29 is 15.1 Å². The molecule has 4 N–H and O–H groups in total. The number of hydrogen-bond acceptors (Lipinski definition) is 5. The molecule has 0 amide bonds. The molecule has 2 aromatic rings. The summed E-state index contributed by atoms with van der Waals surface area (Å²) in [5.41, 5.74) is 2.27. The summed E-state index contributed by atoms with van der Waals surface area (Å²) in [6.07, 6.45) is -1.08. The molecule has 0 fully saturated rings. The summed E-state index contributed by atoms with van der Waals surface area (Å²) in [5.74, 6) is 0. The second kappa shape index (κ2) is 8.52. The third-order valence-electron chi connectivity index (χ3n) is 3.65. The number of anilines is 1. The zero-order valence-corrected chi connectivity index (χ0v) is 14.4. The molecule has 0 spiro atoms. The largest absolute Gasteiger partial charge is 0.394 e. The maximum atomic E-state index is 10.7. The van der Waals surface area contributed by atoms with Crippen molar-refractivity contribution in [3.05, 3.63) is 69.8 Å². The van der Waals surface area contributed by atoms with Crippen LogP contribution in [0.3, 0.4) is 0 Å². The second-order valence-corrected chi connectivity index (χ2v) is 5.96. The van der Waals surface area contributed by atoms with E-state index in [9.17, 15) is 20.3 Å². The fourth-order valence-electron chi connectivity index (χ4n) is 2.22. The molecule has 25 heavy (non-hydrogen) atoms. The monoisotopic (exact) mass is 361 g/mol. The highest BCUT2D eigenvalue weighted by molar-refractivity contribution is 7.80. The molecule has 2 aromatic carbocycles. The molecule has 0 radical (unpaired) electrons. The predicted molar refractivity (Wildman–Crippen MR) is 99.5 cm³/mol. The van der Waals surface area contributed by atoms with Gasteiger partial charge in [0, 0.05) is 17.8 Å². The van der Waals surface area contributed by atoms with Crippen molar-refractivity contribution in [2.24, 2.45) is 0 Å². The zero-order valence-electron chi connectivity index (χ0n) is 13.5. The lowest BCUT2D eigenvalue weighted by Crippen LogP contribution is -2.43. The first-order chi connectivity index (χ1) is 11.9. The van der Waals surface area contributed by atoms with E-state index in [1.165, 1.54) is 24.3 Å². The summed E-state index contributed by atoms with van der Waals surface area (Å²) in [5, 5.41) is 36.7. The number of aliphatic hydroxyl groups is 2. The topological polar surface area (TPSA) is 108 Å². The number of rotatable bonds is 6.